The molecule has 0 fully saturated rings. The van der Waals surface area contributed by atoms with Gasteiger partial charge in [0.15, 0.2) is 0 Å². The van der Waals surface area contributed by atoms with E-state index in [1.165, 1.54) is 0 Å². The van der Waals surface area contributed by atoms with Crippen LogP contribution in [0.15, 0.2) is 0 Å². The van der Waals surface area contributed by atoms with Gasteiger partial charge >= 0.3 is 0 Å². The molecule has 0 saturated carbocycles. The minimum Gasteiger partial charge on any atom is -0.379 e. The Morgan fingerprint density at radius 1 is 1.12 bits per heavy atom. The molecule has 1 unspecified atom stereocenters. The molecule has 0 saturated heterocycles. The van der Waals surface area contributed by atoms with Gasteiger partial charge in [0.2, 0.25) is 0 Å². The fraction of sp³-hybridized carbons (Fsp3) is 0.923. The summed E-state index contributed by atoms with van der Waals surface area (Å²) in [6, 6.07) is 0. The molecule has 1 N–H and O–H groups in total. The first-order valence-corrected chi connectivity index (χ1v) is 6.61. The van der Waals surface area contributed by atoms with Crippen molar-refractivity contribution in [3.05, 3.63) is 0 Å². The highest BCUT2D eigenvalue weighted by Crippen LogP contribution is 2.04. The average Bonchev–Trinajstić information content (AvgIpc) is 2.35. The maximum atomic E-state index is 11.5. The van der Waals surface area contributed by atoms with E-state index in [4.69, 9.17) is 9.47 Å². The zero-order chi connectivity index (χ0) is 12.9. The number of carbonyl (C=O) groups is 1. The molecule has 17 heavy (non-hydrogen) atoms. The number of ether oxygens (including phenoxy) is 2. The topological polar surface area (TPSA) is 47.6 Å². The van der Waals surface area contributed by atoms with Gasteiger partial charge in [0.25, 0.3) is 0 Å². The van der Waals surface area contributed by atoms with Crippen molar-refractivity contribution in [2.75, 3.05) is 39.5 Å². The summed E-state index contributed by atoms with van der Waals surface area (Å²) in [5.74, 6) is 0.454. The van der Waals surface area contributed by atoms with Gasteiger partial charge in [-0.15, -0.1) is 0 Å². The van der Waals surface area contributed by atoms with E-state index in [0.717, 1.165) is 19.5 Å². The Balaban J connectivity index is 3.16. The number of rotatable bonds is 12. The minimum absolute atomic E-state index is 0.162. The molecule has 0 radical (unpaired) electrons. The van der Waals surface area contributed by atoms with Crippen molar-refractivity contribution in [3.63, 3.8) is 0 Å². The fourth-order valence-electron chi connectivity index (χ4n) is 1.29. The van der Waals surface area contributed by atoms with E-state index >= 15 is 0 Å². The predicted molar refractivity (Wildman–Crippen MR) is 69.3 cm³/mol. The van der Waals surface area contributed by atoms with Crippen LogP contribution in [0.25, 0.3) is 0 Å². The Kier molecular flexibility index (Phi) is 11.7. The summed E-state index contributed by atoms with van der Waals surface area (Å²) in [4.78, 5) is 11.5. The van der Waals surface area contributed by atoms with Gasteiger partial charge < -0.3 is 14.8 Å². The Morgan fingerprint density at radius 3 is 2.35 bits per heavy atom. The fourth-order valence-corrected chi connectivity index (χ4v) is 1.29. The molecule has 0 amide bonds. The first-order valence-electron chi connectivity index (χ1n) is 6.61. The van der Waals surface area contributed by atoms with Gasteiger partial charge in [-0.3, -0.25) is 4.79 Å². The quantitative estimate of drug-likeness (QED) is 0.531. The van der Waals surface area contributed by atoms with Crippen LogP contribution in [0.4, 0.5) is 0 Å². The zero-order valence-corrected chi connectivity index (χ0v) is 11.5. The molecule has 4 heteroatoms. The highest BCUT2D eigenvalue weighted by atomic mass is 16.5. The van der Waals surface area contributed by atoms with Gasteiger partial charge in [-0.2, -0.15) is 0 Å². The third-order valence-electron chi connectivity index (χ3n) is 2.70. The second kappa shape index (κ2) is 12.0. The molecule has 4 nitrogen and oxygen atoms in total. The molecule has 0 rings (SSSR count). The highest BCUT2D eigenvalue weighted by Gasteiger charge is 2.09. The van der Waals surface area contributed by atoms with Crippen molar-refractivity contribution in [2.24, 2.45) is 5.92 Å². The minimum atomic E-state index is 0.162. The smallest absolute Gasteiger partial charge is 0.137 e. The van der Waals surface area contributed by atoms with Crippen molar-refractivity contribution in [3.8, 4) is 0 Å². The van der Waals surface area contributed by atoms with Crippen LogP contribution in [0.1, 0.15) is 33.6 Å². The van der Waals surface area contributed by atoms with E-state index < -0.39 is 0 Å². The summed E-state index contributed by atoms with van der Waals surface area (Å²) in [5.41, 5.74) is 0. The standard InChI is InChI=1S/C13H27NO3/c1-4-12(3)13(15)6-8-16-10-11-17-9-7-14-5-2/h12,14H,4-11H2,1-3H3. The maximum Gasteiger partial charge on any atom is 0.137 e. The number of hydrogen-bond acceptors (Lipinski definition) is 4. The maximum absolute atomic E-state index is 11.5. The van der Waals surface area contributed by atoms with Gasteiger partial charge in [0.1, 0.15) is 5.78 Å². The molecule has 0 aliphatic rings. The van der Waals surface area contributed by atoms with Crippen molar-refractivity contribution in [1.82, 2.24) is 5.32 Å². The van der Waals surface area contributed by atoms with Crippen molar-refractivity contribution < 1.29 is 14.3 Å². The summed E-state index contributed by atoms with van der Waals surface area (Å²) in [6.45, 7) is 10.3. The Morgan fingerprint density at radius 2 is 1.76 bits per heavy atom. The number of Topliss-reactive ketones (excluding diaryl/α,β-unsaturated/α-hetero) is 1. The predicted octanol–water partition coefficient (Wildman–Crippen LogP) is 1.63. The summed E-state index contributed by atoms with van der Waals surface area (Å²) < 4.78 is 10.7. The number of carbonyl (C=O) groups excluding carboxylic acids is 1. The summed E-state index contributed by atoms with van der Waals surface area (Å²) in [6.07, 6.45) is 1.43. The van der Waals surface area contributed by atoms with E-state index in [1.807, 2.05) is 13.8 Å². The highest BCUT2D eigenvalue weighted by molar-refractivity contribution is 5.80. The van der Waals surface area contributed by atoms with Crippen LogP contribution < -0.4 is 5.32 Å². The third-order valence-corrected chi connectivity index (χ3v) is 2.70. The van der Waals surface area contributed by atoms with Crippen LogP contribution in [-0.2, 0) is 14.3 Å². The number of likely N-dealkylation sites (N-methyl/N-ethyl adjacent to an activating group) is 1. The molecule has 0 aliphatic heterocycles. The van der Waals surface area contributed by atoms with Crippen LogP contribution in [0.5, 0.6) is 0 Å². The molecular weight excluding hydrogens is 218 g/mol. The van der Waals surface area contributed by atoms with Gasteiger partial charge in [0, 0.05) is 18.9 Å². The number of hydrogen-bond donors (Lipinski definition) is 1. The van der Waals surface area contributed by atoms with Gasteiger partial charge in [0.05, 0.1) is 26.4 Å². The van der Waals surface area contributed by atoms with Crippen molar-refractivity contribution in [2.45, 2.75) is 33.6 Å². The first kappa shape index (κ1) is 16.6. The average molecular weight is 245 g/mol. The number of ketones is 1. The van der Waals surface area contributed by atoms with Crippen LogP contribution in [0, 0.1) is 5.92 Å². The molecule has 0 aliphatic carbocycles. The largest absolute Gasteiger partial charge is 0.379 e. The number of nitrogens with one attached hydrogen (secondary N) is 1. The lowest BCUT2D eigenvalue weighted by atomic mass is 10.0. The molecular formula is C13H27NO3. The van der Waals surface area contributed by atoms with E-state index in [-0.39, 0.29) is 5.92 Å². The Labute approximate surface area is 105 Å². The van der Waals surface area contributed by atoms with Crippen molar-refractivity contribution in [1.29, 1.82) is 0 Å². The second-order valence-electron chi connectivity index (χ2n) is 4.10. The first-order chi connectivity index (χ1) is 8.22. The normalized spacial score (nSPS) is 12.6. The molecule has 1 atom stereocenters. The molecule has 0 heterocycles. The van der Waals surface area contributed by atoms with Gasteiger partial charge in [-0.1, -0.05) is 20.8 Å². The summed E-state index contributed by atoms with van der Waals surface area (Å²) in [7, 11) is 0. The molecule has 0 spiro atoms. The van der Waals surface area contributed by atoms with Gasteiger partial charge in [-0.25, -0.2) is 0 Å². The van der Waals surface area contributed by atoms with Crippen LogP contribution in [0.3, 0.4) is 0 Å². The molecule has 0 aromatic heterocycles. The van der Waals surface area contributed by atoms with E-state index in [2.05, 4.69) is 12.2 Å². The molecule has 0 aromatic carbocycles. The Hall–Kier alpha value is -0.450. The van der Waals surface area contributed by atoms with Crippen LogP contribution in [0.2, 0.25) is 0 Å². The monoisotopic (exact) mass is 245 g/mol. The van der Waals surface area contributed by atoms with Crippen LogP contribution >= 0.6 is 0 Å². The third kappa shape index (κ3) is 10.4. The lowest BCUT2D eigenvalue weighted by Crippen LogP contribution is -2.20. The van der Waals surface area contributed by atoms with Crippen molar-refractivity contribution >= 4 is 5.78 Å². The summed E-state index contributed by atoms with van der Waals surface area (Å²) in [5, 5.41) is 3.17. The lowest BCUT2D eigenvalue weighted by molar-refractivity contribution is -0.123. The zero-order valence-electron chi connectivity index (χ0n) is 11.5. The SMILES string of the molecule is CCNCCOCCOCCC(=O)C(C)CC. The molecule has 0 bridgehead atoms. The summed E-state index contributed by atoms with van der Waals surface area (Å²) >= 11 is 0. The van der Waals surface area contributed by atoms with E-state index in [1.54, 1.807) is 0 Å². The Bertz CT molecular complexity index is 186. The lowest BCUT2D eigenvalue weighted by Gasteiger charge is -2.08. The molecule has 0 aromatic rings. The molecule has 102 valence electrons. The van der Waals surface area contributed by atoms with Gasteiger partial charge in [-0.05, 0) is 13.0 Å². The van der Waals surface area contributed by atoms with E-state index in [9.17, 15) is 4.79 Å². The van der Waals surface area contributed by atoms with E-state index in [0.29, 0.717) is 38.6 Å². The second-order valence-corrected chi connectivity index (χ2v) is 4.10. The van der Waals surface area contributed by atoms with Crippen LogP contribution in [-0.4, -0.2) is 45.3 Å².